The number of fused-ring (bicyclic) bond motifs is 1. The van der Waals surface area contributed by atoms with Crippen LogP contribution in [0.5, 0.6) is 5.75 Å². The fourth-order valence-electron chi connectivity index (χ4n) is 1.93. The first-order valence-corrected chi connectivity index (χ1v) is 6.98. The van der Waals surface area contributed by atoms with Crippen LogP contribution in [0.4, 0.5) is 0 Å². The lowest BCUT2D eigenvalue weighted by molar-refractivity contribution is 0.353. The summed E-state index contributed by atoms with van der Waals surface area (Å²) in [6, 6.07) is 4.12. The quantitative estimate of drug-likeness (QED) is 0.508. The number of nitrogens with one attached hydrogen (secondary N) is 1. The van der Waals surface area contributed by atoms with Gasteiger partial charge in [0.2, 0.25) is 0 Å². The van der Waals surface area contributed by atoms with E-state index in [-0.39, 0.29) is 0 Å². The molecule has 4 nitrogen and oxygen atoms in total. The molecular weight excluding hydrogens is 306 g/mol. The third-order valence-electron chi connectivity index (χ3n) is 2.82. The molecule has 3 N–H and O–H groups in total. The van der Waals surface area contributed by atoms with Crippen molar-refractivity contribution in [2.75, 3.05) is 13.2 Å². The average Bonchev–Trinajstić information content (AvgIpc) is 2.81. The largest absolute Gasteiger partial charge is 0.493 e. The molecule has 1 aliphatic heterocycles. The maximum absolute atomic E-state index is 5.80. The van der Waals surface area contributed by atoms with E-state index >= 15 is 0 Å². The molecular formula is C14H18BrN3O. The van der Waals surface area contributed by atoms with Crippen LogP contribution in [0.1, 0.15) is 18.1 Å². The van der Waals surface area contributed by atoms with Gasteiger partial charge in [-0.25, -0.2) is 4.99 Å². The van der Waals surface area contributed by atoms with Crippen LogP contribution in [-0.4, -0.2) is 19.1 Å². The van der Waals surface area contributed by atoms with Gasteiger partial charge in [-0.15, -0.1) is 0 Å². The Morgan fingerprint density at radius 2 is 2.37 bits per heavy atom. The third-order valence-corrected chi connectivity index (χ3v) is 3.27. The first-order valence-electron chi connectivity index (χ1n) is 6.18. The zero-order valence-corrected chi connectivity index (χ0v) is 12.6. The number of benzene rings is 1. The average molecular weight is 324 g/mol. The molecule has 0 spiro atoms. The number of guanidine groups is 1. The summed E-state index contributed by atoms with van der Waals surface area (Å²) in [6.07, 6.45) is 0.953. The topological polar surface area (TPSA) is 59.6 Å². The lowest BCUT2D eigenvalue weighted by Gasteiger charge is -2.08. The zero-order chi connectivity index (χ0) is 13.8. The third kappa shape index (κ3) is 3.73. The van der Waals surface area contributed by atoms with Gasteiger partial charge >= 0.3 is 0 Å². The van der Waals surface area contributed by atoms with Crippen molar-refractivity contribution in [3.63, 3.8) is 0 Å². The summed E-state index contributed by atoms with van der Waals surface area (Å²) in [5.74, 6) is 1.38. The van der Waals surface area contributed by atoms with E-state index < -0.39 is 0 Å². The van der Waals surface area contributed by atoms with Gasteiger partial charge in [-0.05, 0) is 24.6 Å². The van der Waals surface area contributed by atoms with Gasteiger partial charge in [-0.2, -0.15) is 0 Å². The maximum atomic E-state index is 5.80. The number of aliphatic imine (C=N–C) groups is 1. The lowest BCUT2D eigenvalue weighted by Crippen LogP contribution is -2.32. The van der Waals surface area contributed by atoms with E-state index in [4.69, 9.17) is 10.5 Å². The van der Waals surface area contributed by atoms with Crippen molar-refractivity contribution in [2.24, 2.45) is 10.7 Å². The minimum absolute atomic E-state index is 0.426. The Kier molecular flexibility index (Phi) is 4.47. The second-order valence-corrected chi connectivity index (χ2v) is 5.58. The molecule has 0 saturated heterocycles. The highest BCUT2D eigenvalue weighted by Crippen LogP contribution is 2.33. The molecule has 0 bridgehead atoms. The van der Waals surface area contributed by atoms with E-state index in [1.807, 2.05) is 13.0 Å². The smallest absolute Gasteiger partial charge is 0.189 e. The summed E-state index contributed by atoms with van der Waals surface area (Å²) in [6.45, 7) is 7.64. The summed E-state index contributed by atoms with van der Waals surface area (Å²) >= 11 is 3.51. The van der Waals surface area contributed by atoms with Gasteiger partial charge in [0.1, 0.15) is 5.75 Å². The Morgan fingerprint density at radius 3 is 3.11 bits per heavy atom. The number of hydrogen-bond donors (Lipinski definition) is 2. The molecule has 1 aromatic rings. The SMILES string of the molecule is C=C(C)CNC(N)=NCc1cc(Br)cc2c1OCC2. The normalized spacial score (nSPS) is 13.9. The number of halogens is 1. The second kappa shape index (κ2) is 6.10. The Bertz CT molecular complexity index is 526. The van der Waals surface area contributed by atoms with Crippen molar-refractivity contribution in [3.8, 4) is 5.75 Å². The van der Waals surface area contributed by atoms with Crippen LogP contribution in [0, 0.1) is 0 Å². The second-order valence-electron chi connectivity index (χ2n) is 4.66. The first kappa shape index (κ1) is 13.9. The van der Waals surface area contributed by atoms with Crippen LogP contribution in [0.25, 0.3) is 0 Å². The van der Waals surface area contributed by atoms with Crippen LogP contribution in [0.3, 0.4) is 0 Å². The molecule has 1 heterocycles. The Balaban J connectivity index is 2.07. The van der Waals surface area contributed by atoms with Crippen molar-refractivity contribution in [1.29, 1.82) is 0 Å². The van der Waals surface area contributed by atoms with Gasteiger partial charge in [0.25, 0.3) is 0 Å². The standard InChI is InChI=1S/C14H18BrN3O/c1-9(2)7-17-14(16)18-8-11-6-12(15)5-10-3-4-19-13(10)11/h5-6H,1,3-4,7-8H2,2H3,(H3,16,17,18). The van der Waals surface area contributed by atoms with Crippen molar-refractivity contribution in [1.82, 2.24) is 5.32 Å². The highest BCUT2D eigenvalue weighted by atomic mass is 79.9. The monoisotopic (exact) mass is 323 g/mol. The molecule has 19 heavy (non-hydrogen) atoms. The van der Waals surface area contributed by atoms with E-state index in [0.717, 1.165) is 34.4 Å². The van der Waals surface area contributed by atoms with E-state index in [0.29, 0.717) is 19.0 Å². The molecule has 0 radical (unpaired) electrons. The molecule has 0 amide bonds. The first-order chi connectivity index (χ1) is 9.06. The number of nitrogens with two attached hydrogens (primary N) is 1. The number of nitrogens with zero attached hydrogens (tertiary/aromatic N) is 1. The highest BCUT2D eigenvalue weighted by Gasteiger charge is 2.17. The predicted octanol–water partition coefficient (Wildman–Crippen LogP) is 2.36. The molecule has 2 rings (SSSR count). The molecule has 0 unspecified atom stereocenters. The summed E-state index contributed by atoms with van der Waals surface area (Å²) in [4.78, 5) is 4.33. The Morgan fingerprint density at radius 1 is 1.58 bits per heavy atom. The van der Waals surface area contributed by atoms with Gasteiger partial charge in [0.05, 0.1) is 13.2 Å². The van der Waals surface area contributed by atoms with Gasteiger partial charge in [0, 0.05) is 23.0 Å². The predicted molar refractivity (Wildman–Crippen MR) is 81.5 cm³/mol. The molecule has 0 fully saturated rings. The molecule has 102 valence electrons. The van der Waals surface area contributed by atoms with Gasteiger partial charge in [-0.3, -0.25) is 0 Å². The molecule has 1 aromatic carbocycles. The van der Waals surface area contributed by atoms with E-state index in [1.54, 1.807) is 0 Å². The van der Waals surface area contributed by atoms with Gasteiger partial charge in [-0.1, -0.05) is 28.1 Å². The minimum Gasteiger partial charge on any atom is -0.493 e. The summed E-state index contributed by atoms with van der Waals surface area (Å²) in [7, 11) is 0. The molecule has 0 aromatic heterocycles. The molecule has 5 heteroatoms. The van der Waals surface area contributed by atoms with Crippen molar-refractivity contribution in [3.05, 3.63) is 39.9 Å². The Hall–Kier alpha value is -1.49. The van der Waals surface area contributed by atoms with Gasteiger partial charge in [0.15, 0.2) is 5.96 Å². The van der Waals surface area contributed by atoms with Gasteiger partial charge < -0.3 is 15.8 Å². The lowest BCUT2D eigenvalue weighted by atomic mass is 10.1. The van der Waals surface area contributed by atoms with E-state index in [2.05, 4.69) is 38.9 Å². The summed E-state index contributed by atoms with van der Waals surface area (Å²) in [5, 5.41) is 3.01. The van der Waals surface area contributed by atoms with Crippen LogP contribution >= 0.6 is 15.9 Å². The summed E-state index contributed by atoms with van der Waals surface area (Å²) in [5.41, 5.74) is 9.10. The number of rotatable bonds is 4. The fraction of sp³-hybridized carbons (Fsp3) is 0.357. The highest BCUT2D eigenvalue weighted by molar-refractivity contribution is 9.10. The number of hydrogen-bond acceptors (Lipinski definition) is 2. The fourth-order valence-corrected chi connectivity index (χ4v) is 2.48. The minimum atomic E-state index is 0.426. The van der Waals surface area contributed by atoms with E-state index in [1.165, 1.54) is 5.56 Å². The zero-order valence-electron chi connectivity index (χ0n) is 11.0. The van der Waals surface area contributed by atoms with Crippen molar-refractivity contribution >= 4 is 21.9 Å². The van der Waals surface area contributed by atoms with E-state index in [9.17, 15) is 0 Å². The summed E-state index contributed by atoms with van der Waals surface area (Å²) < 4.78 is 6.70. The molecule has 0 atom stereocenters. The molecule has 0 saturated carbocycles. The Labute approximate surface area is 121 Å². The maximum Gasteiger partial charge on any atom is 0.189 e. The van der Waals surface area contributed by atoms with Crippen molar-refractivity contribution < 1.29 is 4.74 Å². The van der Waals surface area contributed by atoms with Crippen LogP contribution < -0.4 is 15.8 Å². The molecule has 0 aliphatic carbocycles. The van der Waals surface area contributed by atoms with Crippen LogP contribution in [0.2, 0.25) is 0 Å². The molecule has 1 aliphatic rings. The van der Waals surface area contributed by atoms with Crippen molar-refractivity contribution in [2.45, 2.75) is 19.9 Å². The number of ether oxygens (including phenoxy) is 1. The van der Waals surface area contributed by atoms with Crippen LogP contribution in [0.15, 0.2) is 33.7 Å². The van der Waals surface area contributed by atoms with Crippen LogP contribution in [-0.2, 0) is 13.0 Å².